The lowest BCUT2D eigenvalue weighted by Crippen LogP contribution is -2.14. The largest absolute Gasteiger partial charge is 0.497 e. The van der Waals surface area contributed by atoms with E-state index in [4.69, 9.17) is 9.84 Å². The number of carboxylic acid groups (broad SMARTS) is 1. The van der Waals surface area contributed by atoms with Crippen LogP contribution in [0.4, 0.5) is 0 Å². The maximum Gasteiger partial charge on any atom is 0.307 e. The summed E-state index contributed by atoms with van der Waals surface area (Å²) in [6, 6.07) is 7.38. The summed E-state index contributed by atoms with van der Waals surface area (Å²) in [5.41, 5.74) is 2.22. The van der Waals surface area contributed by atoms with Crippen LogP contribution in [0.15, 0.2) is 29.8 Å². The number of carbonyl (C=O) groups is 2. The molecule has 100 valence electrons. The molecule has 0 saturated carbocycles. The number of aliphatic carboxylic acids is 1. The number of Topliss-reactive ketones (excluding diaryl/α,β-unsaturated/α-hetero) is 1. The molecule has 0 amide bonds. The standard InChI is InChI=1S/C15H16O4/c1-19-11-7-5-10(6-8-11)12-3-2-4-14(16)13(12)9-15(17)18/h5-8H,2-4,9H2,1H3,(H,17,18). The van der Waals surface area contributed by atoms with Crippen molar-refractivity contribution in [3.63, 3.8) is 0 Å². The Morgan fingerprint density at radius 3 is 2.53 bits per heavy atom. The highest BCUT2D eigenvalue weighted by molar-refractivity contribution is 6.06. The van der Waals surface area contributed by atoms with Crippen molar-refractivity contribution in [1.29, 1.82) is 0 Å². The molecular weight excluding hydrogens is 244 g/mol. The molecule has 1 aromatic carbocycles. The molecule has 0 aliphatic heterocycles. The lowest BCUT2D eigenvalue weighted by atomic mass is 9.85. The van der Waals surface area contributed by atoms with Crippen molar-refractivity contribution in [2.24, 2.45) is 0 Å². The first-order chi connectivity index (χ1) is 9.11. The molecule has 4 heteroatoms. The second kappa shape index (κ2) is 5.69. The summed E-state index contributed by atoms with van der Waals surface area (Å²) in [6.07, 6.45) is 1.78. The average molecular weight is 260 g/mol. The highest BCUT2D eigenvalue weighted by Crippen LogP contribution is 2.32. The van der Waals surface area contributed by atoms with E-state index in [1.54, 1.807) is 7.11 Å². The molecule has 1 aliphatic carbocycles. The third-order valence-electron chi connectivity index (χ3n) is 3.30. The van der Waals surface area contributed by atoms with Crippen LogP contribution in [-0.4, -0.2) is 24.0 Å². The first kappa shape index (κ1) is 13.3. The van der Waals surface area contributed by atoms with Crippen LogP contribution in [0, 0.1) is 0 Å². The Hall–Kier alpha value is -2.10. The van der Waals surface area contributed by atoms with E-state index in [1.807, 2.05) is 24.3 Å². The van der Waals surface area contributed by atoms with Gasteiger partial charge in [0.1, 0.15) is 5.75 Å². The summed E-state index contributed by atoms with van der Waals surface area (Å²) < 4.78 is 5.09. The van der Waals surface area contributed by atoms with E-state index in [-0.39, 0.29) is 12.2 Å². The average Bonchev–Trinajstić information content (AvgIpc) is 2.41. The van der Waals surface area contributed by atoms with Crippen LogP contribution in [-0.2, 0) is 9.59 Å². The Morgan fingerprint density at radius 1 is 1.26 bits per heavy atom. The van der Waals surface area contributed by atoms with E-state index in [1.165, 1.54) is 0 Å². The van der Waals surface area contributed by atoms with Gasteiger partial charge in [0.2, 0.25) is 0 Å². The third-order valence-corrected chi connectivity index (χ3v) is 3.30. The third kappa shape index (κ3) is 3.02. The van der Waals surface area contributed by atoms with Gasteiger partial charge in [0.05, 0.1) is 13.5 Å². The quantitative estimate of drug-likeness (QED) is 0.904. The summed E-state index contributed by atoms with van der Waals surface area (Å²) in [5, 5.41) is 8.92. The minimum absolute atomic E-state index is 0.0422. The number of hydrogen-bond donors (Lipinski definition) is 1. The van der Waals surface area contributed by atoms with Gasteiger partial charge in [-0.05, 0) is 36.1 Å². The van der Waals surface area contributed by atoms with Crippen molar-refractivity contribution in [2.75, 3.05) is 7.11 Å². The molecule has 0 radical (unpaired) electrons. The van der Waals surface area contributed by atoms with Gasteiger partial charge in [-0.25, -0.2) is 0 Å². The Balaban J connectivity index is 2.41. The smallest absolute Gasteiger partial charge is 0.307 e. The normalized spacial score (nSPS) is 15.5. The fraction of sp³-hybridized carbons (Fsp3) is 0.333. The van der Waals surface area contributed by atoms with Crippen LogP contribution in [0.25, 0.3) is 5.57 Å². The molecule has 4 nitrogen and oxygen atoms in total. The highest BCUT2D eigenvalue weighted by atomic mass is 16.5. The molecule has 1 aromatic rings. The van der Waals surface area contributed by atoms with Gasteiger partial charge in [-0.1, -0.05) is 12.1 Å². The lowest BCUT2D eigenvalue weighted by Gasteiger charge is -2.19. The van der Waals surface area contributed by atoms with Crippen LogP contribution in [0.5, 0.6) is 5.75 Å². The Bertz CT molecular complexity index is 526. The van der Waals surface area contributed by atoms with Gasteiger partial charge in [-0.2, -0.15) is 0 Å². The van der Waals surface area contributed by atoms with Gasteiger partial charge in [0.25, 0.3) is 0 Å². The van der Waals surface area contributed by atoms with Gasteiger partial charge >= 0.3 is 5.97 Å². The molecule has 1 N–H and O–H groups in total. The molecule has 0 unspecified atom stereocenters. The van der Waals surface area contributed by atoms with Gasteiger partial charge in [0, 0.05) is 12.0 Å². The molecule has 0 heterocycles. The van der Waals surface area contributed by atoms with Crippen LogP contribution >= 0.6 is 0 Å². The van der Waals surface area contributed by atoms with Crippen molar-refractivity contribution < 1.29 is 19.4 Å². The molecule has 19 heavy (non-hydrogen) atoms. The van der Waals surface area contributed by atoms with E-state index in [0.29, 0.717) is 12.0 Å². The molecule has 1 aliphatic rings. The molecule has 0 bridgehead atoms. The van der Waals surface area contributed by atoms with E-state index in [2.05, 4.69) is 0 Å². The first-order valence-corrected chi connectivity index (χ1v) is 6.23. The van der Waals surface area contributed by atoms with E-state index in [9.17, 15) is 9.59 Å². The minimum atomic E-state index is -0.962. The van der Waals surface area contributed by atoms with Gasteiger partial charge in [0.15, 0.2) is 5.78 Å². The van der Waals surface area contributed by atoms with Crippen LogP contribution < -0.4 is 4.74 Å². The van der Waals surface area contributed by atoms with Gasteiger partial charge in [-0.15, -0.1) is 0 Å². The van der Waals surface area contributed by atoms with Crippen molar-refractivity contribution in [3.05, 3.63) is 35.4 Å². The molecule has 0 atom stereocenters. The Labute approximate surface area is 111 Å². The summed E-state index contributed by atoms with van der Waals surface area (Å²) in [4.78, 5) is 22.8. The molecular formula is C15H16O4. The molecule has 0 aromatic heterocycles. The number of carbonyl (C=O) groups excluding carboxylic acids is 1. The maximum absolute atomic E-state index is 11.9. The van der Waals surface area contributed by atoms with Crippen LogP contribution in [0.2, 0.25) is 0 Å². The van der Waals surface area contributed by atoms with Crippen LogP contribution in [0.3, 0.4) is 0 Å². The minimum Gasteiger partial charge on any atom is -0.497 e. The van der Waals surface area contributed by atoms with E-state index >= 15 is 0 Å². The van der Waals surface area contributed by atoms with Crippen molar-refractivity contribution in [3.8, 4) is 5.75 Å². The topological polar surface area (TPSA) is 63.6 Å². The second-order valence-electron chi connectivity index (χ2n) is 4.53. The van der Waals surface area contributed by atoms with Crippen molar-refractivity contribution in [2.45, 2.75) is 25.7 Å². The predicted molar refractivity (Wildman–Crippen MR) is 71.0 cm³/mol. The van der Waals surface area contributed by atoms with Crippen LogP contribution in [0.1, 0.15) is 31.2 Å². The number of rotatable bonds is 4. The predicted octanol–water partition coefficient (Wildman–Crippen LogP) is 2.68. The zero-order chi connectivity index (χ0) is 13.8. The number of methoxy groups -OCH3 is 1. The maximum atomic E-state index is 11.9. The summed E-state index contributed by atoms with van der Waals surface area (Å²) in [5.74, 6) is -0.262. The van der Waals surface area contributed by atoms with E-state index in [0.717, 1.165) is 29.7 Å². The van der Waals surface area contributed by atoms with E-state index < -0.39 is 5.97 Å². The number of ether oxygens (including phenoxy) is 1. The number of hydrogen-bond acceptors (Lipinski definition) is 3. The second-order valence-corrected chi connectivity index (χ2v) is 4.53. The number of benzene rings is 1. The fourth-order valence-electron chi connectivity index (χ4n) is 2.36. The monoisotopic (exact) mass is 260 g/mol. The number of ketones is 1. The lowest BCUT2D eigenvalue weighted by molar-refractivity contribution is -0.137. The first-order valence-electron chi connectivity index (χ1n) is 6.23. The molecule has 2 rings (SSSR count). The van der Waals surface area contributed by atoms with Gasteiger partial charge in [-0.3, -0.25) is 9.59 Å². The number of carboxylic acids is 1. The summed E-state index contributed by atoms with van der Waals surface area (Å²) in [6.45, 7) is 0. The fourth-order valence-corrected chi connectivity index (χ4v) is 2.36. The van der Waals surface area contributed by atoms with Gasteiger partial charge < -0.3 is 9.84 Å². The highest BCUT2D eigenvalue weighted by Gasteiger charge is 2.23. The zero-order valence-electron chi connectivity index (χ0n) is 10.8. The Kier molecular flexibility index (Phi) is 4.00. The summed E-state index contributed by atoms with van der Waals surface area (Å²) in [7, 11) is 1.59. The van der Waals surface area contributed by atoms with Crippen molar-refractivity contribution >= 4 is 17.3 Å². The number of allylic oxidation sites excluding steroid dienone is 1. The SMILES string of the molecule is COc1ccc(C2=C(CC(=O)O)C(=O)CCC2)cc1. The zero-order valence-corrected chi connectivity index (χ0v) is 10.8. The molecule has 0 fully saturated rings. The molecule has 0 saturated heterocycles. The summed E-state index contributed by atoms with van der Waals surface area (Å²) >= 11 is 0. The van der Waals surface area contributed by atoms with Crippen molar-refractivity contribution in [1.82, 2.24) is 0 Å². The Morgan fingerprint density at radius 2 is 1.95 bits per heavy atom. The molecule has 0 spiro atoms.